The van der Waals surface area contributed by atoms with Crippen LogP contribution < -0.4 is 20.7 Å². The van der Waals surface area contributed by atoms with Crippen LogP contribution in [0.1, 0.15) is 20.2 Å². The van der Waals surface area contributed by atoms with Crippen LogP contribution in [-0.2, 0) is 6.18 Å². The largest absolute Gasteiger partial charge is 0.457 e. The molecule has 0 radical (unpaired) electrons. The van der Waals surface area contributed by atoms with Gasteiger partial charge in [0.05, 0.1) is 16.3 Å². The Morgan fingerprint density at radius 3 is 2.52 bits per heavy atom. The highest BCUT2D eigenvalue weighted by atomic mass is 35.5. The molecule has 0 fully saturated rings. The highest BCUT2D eigenvalue weighted by Crippen LogP contribution is 2.36. The first-order valence-electron chi connectivity index (χ1n) is 10.4. The molecule has 0 spiro atoms. The lowest BCUT2D eigenvalue weighted by molar-refractivity contribution is -0.137. The molecule has 3 amide bonds. The molecule has 3 aromatic rings. The number of rotatable bonds is 5. The molecule has 2 aromatic carbocycles. The van der Waals surface area contributed by atoms with Gasteiger partial charge in [0.25, 0.3) is 5.91 Å². The molecule has 172 valence electrons. The molecular formula is C21H15ClF4N4O3. The number of ether oxygens (including phenoxy) is 1. The fraction of sp³-hybridized carbons (Fsp3) is 0.0952. The molecule has 0 unspecified atom stereocenters. The van der Waals surface area contributed by atoms with Crippen molar-refractivity contribution in [2.45, 2.75) is 6.18 Å². The van der Waals surface area contributed by atoms with E-state index in [-0.39, 0.29) is 28.6 Å². The number of nitrogens with one attached hydrogen (secondary N) is 3. The summed E-state index contributed by atoms with van der Waals surface area (Å²) < 4.78 is 80.0. The molecular weight excluding hydrogens is 469 g/mol. The summed E-state index contributed by atoms with van der Waals surface area (Å²) in [6.07, 6.45) is -3.55. The number of pyridine rings is 1. The van der Waals surface area contributed by atoms with Crippen LogP contribution in [0.25, 0.3) is 0 Å². The standard InChI is InChI=1S/C21H15ClF4N4O3/c1-27-19(31)18-10-13(6-7-28-18)33-12-3-5-17(16(23)9-12)30-20(32)29-11-2-4-15(22)14(8-11)21(24,25)26/h2-10H,1H3,(H,27,31)(H2,29,30,32)/i1+1D3. The van der Waals surface area contributed by atoms with Gasteiger partial charge < -0.3 is 20.7 Å². The summed E-state index contributed by atoms with van der Waals surface area (Å²) in [5.41, 5.74) is -1.93. The molecule has 33 heavy (non-hydrogen) atoms. The Balaban J connectivity index is 1.67. The summed E-state index contributed by atoms with van der Waals surface area (Å²) in [5.74, 6) is -1.91. The van der Waals surface area contributed by atoms with E-state index in [0.29, 0.717) is 6.07 Å². The van der Waals surface area contributed by atoms with Crippen LogP contribution in [0, 0.1) is 5.82 Å². The number of amides is 3. The van der Waals surface area contributed by atoms with E-state index in [4.69, 9.17) is 20.5 Å². The second kappa shape index (κ2) is 9.74. The van der Waals surface area contributed by atoms with Gasteiger partial charge in [0, 0.05) is 35.1 Å². The first-order valence-corrected chi connectivity index (χ1v) is 9.30. The van der Waals surface area contributed by atoms with Crippen molar-refractivity contribution in [1.82, 2.24) is 10.3 Å². The molecule has 1 aromatic heterocycles. The lowest BCUT2D eigenvalue weighted by Crippen LogP contribution is -2.20. The van der Waals surface area contributed by atoms with Gasteiger partial charge in [-0.05, 0) is 36.4 Å². The summed E-state index contributed by atoms with van der Waals surface area (Å²) in [6, 6.07) is 7.51. The first kappa shape index (κ1) is 19.8. The van der Waals surface area contributed by atoms with Crippen molar-refractivity contribution in [2.75, 3.05) is 17.6 Å². The minimum absolute atomic E-state index is 0.0423. The van der Waals surface area contributed by atoms with Crippen LogP contribution in [-0.4, -0.2) is 23.9 Å². The Morgan fingerprint density at radius 1 is 1.06 bits per heavy atom. The van der Waals surface area contributed by atoms with Gasteiger partial charge in [-0.2, -0.15) is 13.2 Å². The summed E-state index contributed by atoms with van der Waals surface area (Å²) in [5, 5.41) is 5.53. The molecule has 0 saturated carbocycles. The normalized spacial score (nSPS) is 12.7. The average Bonchev–Trinajstić information content (AvgIpc) is 2.75. The second-order valence-electron chi connectivity index (χ2n) is 6.35. The molecule has 12 heteroatoms. The second-order valence-corrected chi connectivity index (χ2v) is 6.75. The van der Waals surface area contributed by atoms with Gasteiger partial charge in [-0.25, -0.2) is 9.18 Å². The molecule has 0 saturated heterocycles. The number of alkyl halides is 3. The van der Waals surface area contributed by atoms with Gasteiger partial charge >= 0.3 is 12.2 Å². The van der Waals surface area contributed by atoms with Gasteiger partial charge in [0.15, 0.2) is 0 Å². The number of hydrogen-bond acceptors (Lipinski definition) is 4. The third-order valence-electron chi connectivity index (χ3n) is 4.03. The Hall–Kier alpha value is -3.86. The average molecular weight is 487 g/mol. The van der Waals surface area contributed by atoms with E-state index in [0.717, 1.165) is 30.3 Å². The van der Waals surface area contributed by atoms with Gasteiger partial charge in [-0.1, -0.05) is 11.6 Å². The summed E-state index contributed by atoms with van der Waals surface area (Å²) in [6.45, 7) is -2.72. The van der Waals surface area contributed by atoms with Gasteiger partial charge in [0.2, 0.25) is 0 Å². The zero-order valence-corrected chi connectivity index (χ0v) is 17.0. The number of anilines is 2. The monoisotopic (exact) mass is 486 g/mol. The van der Waals surface area contributed by atoms with E-state index in [1.54, 1.807) is 5.32 Å². The lowest BCUT2D eigenvalue weighted by atomic mass is 10.2. The molecule has 7 nitrogen and oxygen atoms in total. The molecule has 3 N–H and O–H groups in total. The van der Waals surface area contributed by atoms with E-state index in [1.807, 2.05) is 0 Å². The van der Waals surface area contributed by atoms with Crippen molar-refractivity contribution in [3.63, 3.8) is 0 Å². The number of carbonyl (C=O) groups is 2. The lowest BCUT2D eigenvalue weighted by Gasteiger charge is -2.13. The highest BCUT2D eigenvalue weighted by molar-refractivity contribution is 6.31. The maximum Gasteiger partial charge on any atom is 0.417 e. The Bertz CT molecular complexity index is 1310. The fourth-order valence-corrected chi connectivity index (χ4v) is 2.79. The smallest absolute Gasteiger partial charge is 0.417 e. The highest BCUT2D eigenvalue weighted by Gasteiger charge is 2.33. The number of nitrogens with zero attached hydrogens (tertiary/aromatic N) is 1. The predicted molar refractivity (Wildman–Crippen MR) is 113 cm³/mol. The number of halogens is 5. The van der Waals surface area contributed by atoms with E-state index in [9.17, 15) is 27.2 Å². The van der Waals surface area contributed by atoms with Crippen LogP contribution in [0.5, 0.6) is 11.5 Å². The number of urea groups is 1. The first-order chi connectivity index (χ1) is 16.7. The van der Waals surface area contributed by atoms with E-state index in [2.05, 4.69) is 15.6 Å². The summed E-state index contributed by atoms with van der Waals surface area (Å²) in [4.78, 5) is 27.8. The van der Waals surface area contributed by atoms with Crippen LogP contribution in [0.15, 0.2) is 54.7 Å². The van der Waals surface area contributed by atoms with Crippen molar-refractivity contribution < 1.29 is 36.0 Å². The number of carbonyl (C=O) groups excluding carboxylic acids is 2. The third-order valence-corrected chi connectivity index (χ3v) is 4.36. The van der Waals surface area contributed by atoms with Crippen LogP contribution >= 0.6 is 11.6 Å². The molecule has 0 bridgehead atoms. The zero-order chi connectivity index (χ0) is 26.7. The molecule has 0 atom stereocenters. The summed E-state index contributed by atoms with van der Waals surface area (Å²) in [7, 11) is 0. The maximum atomic E-state index is 14.5. The van der Waals surface area contributed by atoms with Gasteiger partial charge in [-0.15, -0.1) is 0 Å². The van der Waals surface area contributed by atoms with Crippen molar-refractivity contribution in [3.8, 4) is 11.5 Å². The number of benzene rings is 2. The molecule has 3 rings (SSSR count). The van der Waals surface area contributed by atoms with Gasteiger partial charge in [0.1, 0.15) is 23.0 Å². The SMILES string of the molecule is [2H][13C]([2H])([2H])NC(=O)c1cc(Oc2ccc(NC(=O)Nc3ccc(Cl)c(C(F)(F)F)c3)c(F)c2)ccn1. The van der Waals surface area contributed by atoms with Crippen molar-refractivity contribution in [1.29, 1.82) is 0 Å². The van der Waals surface area contributed by atoms with Crippen LogP contribution in [0.3, 0.4) is 0 Å². The Kier molecular flexibility index (Phi) is 5.84. The number of aromatic nitrogens is 1. The van der Waals surface area contributed by atoms with Crippen LogP contribution in [0.4, 0.5) is 33.7 Å². The molecule has 0 aliphatic carbocycles. The topological polar surface area (TPSA) is 92.4 Å². The Morgan fingerprint density at radius 2 is 1.82 bits per heavy atom. The molecule has 0 aliphatic heterocycles. The molecule has 0 aliphatic rings. The quantitative estimate of drug-likeness (QED) is 0.319. The van der Waals surface area contributed by atoms with E-state index < -0.39 is 41.5 Å². The minimum Gasteiger partial charge on any atom is -0.457 e. The van der Waals surface area contributed by atoms with Crippen LogP contribution in [0.2, 0.25) is 5.02 Å². The van der Waals surface area contributed by atoms with E-state index in [1.165, 1.54) is 18.3 Å². The number of hydrogen-bond donors (Lipinski definition) is 3. The predicted octanol–water partition coefficient (Wildman–Crippen LogP) is 5.69. The third kappa shape index (κ3) is 6.10. The zero-order valence-electron chi connectivity index (χ0n) is 19.3. The molecule has 1 heterocycles. The minimum atomic E-state index is -4.73. The van der Waals surface area contributed by atoms with Crippen molar-refractivity contribution in [2.24, 2.45) is 0 Å². The van der Waals surface area contributed by atoms with Crippen molar-refractivity contribution >= 4 is 34.9 Å². The maximum absolute atomic E-state index is 14.5. The Labute approximate surface area is 193 Å². The van der Waals surface area contributed by atoms with E-state index >= 15 is 0 Å². The van der Waals surface area contributed by atoms with Gasteiger partial charge in [-0.3, -0.25) is 9.78 Å². The van der Waals surface area contributed by atoms with Crippen molar-refractivity contribution in [3.05, 3.63) is 76.8 Å². The summed E-state index contributed by atoms with van der Waals surface area (Å²) >= 11 is 5.53. The fourth-order valence-electron chi connectivity index (χ4n) is 2.56.